The lowest BCUT2D eigenvalue weighted by atomic mass is 10.1. The molecule has 0 saturated carbocycles. The normalized spacial score (nSPS) is 11.3. The molecule has 0 aliphatic rings. The Morgan fingerprint density at radius 2 is 1.69 bits per heavy atom. The number of nitrogens with one attached hydrogen (secondary N) is 2. The zero-order valence-electron chi connectivity index (χ0n) is 16.4. The number of halogens is 3. The smallest absolute Gasteiger partial charge is 0.381 e. The van der Waals surface area contributed by atoms with E-state index in [9.17, 15) is 23.3 Å². The van der Waals surface area contributed by atoms with E-state index in [1.807, 2.05) is 6.07 Å². The summed E-state index contributed by atoms with van der Waals surface area (Å²) in [6.45, 7) is 0.364. The summed E-state index contributed by atoms with van der Waals surface area (Å²) in [5.74, 6) is 0.439. The molecular formula is C22H16F3N5O2. The second-order valence-corrected chi connectivity index (χ2v) is 6.93. The number of nitro benzene ring substituents is 1. The van der Waals surface area contributed by atoms with Crippen LogP contribution in [0.15, 0.2) is 73.1 Å². The Balaban J connectivity index is 1.55. The quantitative estimate of drug-likeness (QED) is 0.286. The predicted molar refractivity (Wildman–Crippen MR) is 115 cm³/mol. The van der Waals surface area contributed by atoms with Gasteiger partial charge >= 0.3 is 6.18 Å². The van der Waals surface area contributed by atoms with Crippen LogP contribution in [0, 0.1) is 10.1 Å². The maximum absolute atomic E-state index is 12.8. The van der Waals surface area contributed by atoms with E-state index in [-0.39, 0.29) is 5.69 Å². The summed E-state index contributed by atoms with van der Waals surface area (Å²) >= 11 is 0. The molecule has 3 aromatic carbocycles. The first-order valence-corrected chi connectivity index (χ1v) is 9.46. The number of hydrogen-bond acceptors (Lipinski definition) is 6. The van der Waals surface area contributed by atoms with Gasteiger partial charge in [0.05, 0.1) is 16.0 Å². The zero-order chi connectivity index (χ0) is 22.7. The number of non-ortho nitro benzene ring substituents is 1. The topological polar surface area (TPSA) is 93.0 Å². The number of alkyl halides is 3. The van der Waals surface area contributed by atoms with Gasteiger partial charge in [-0.05, 0) is 48.0 Å². The molecule has 0 aliphatic heterocycles. The first kappa shape index (κ1) is 21.0. The minimum absolute atomic E-state index is 0.0132. The highest BCUT2D eigenvalue weighted by Gasteiger charge is 2.29. The maximum atomic E-state index is 12.8. The average Bonchev–Trinajstić information content (AvgIpc) is 2.78. The number of nitro groups is 1. The Labute approximate surface area is 180 Å². The highest BCUT2D eigenvalue weighted by molar-refractivity contribution is 5.92. The van der Waals surface area contributed by atoms with Crippen molar-refractivity contribution in [1.29, 1.82) is 0 Å². The van der Waals surface area contributed by atoms with Crippen molar-refractivity contribution < 1.29 is 18.1 Å². The summed E-state index contributed by atoms with van der Waals surface area (Å²) in [6, 6.07) is 16.4. The molecule has 2 N–H and O–H groups in total. The van der Waals surface area contributed by atoms with Gasteiger partial charge in [-0.25, -0.2) is 9.97 Å². The summed E-state index contributed by atoms with van der Waals surface area (Å²) < 4.78 is 38.3. The van der Waals surface area contributed by atoms with Crippen molar-refractivity contribution in [3.05, 3.63) is 94.3 Å². The van der Waals surface area contributed by atoms with Gasteiger partial charge in [0.25, 0.3) is 5.69 Å². The van der Waals surface area contributed by atoms with E-state index in [0.29, 0.717) is 29.0 Å². The van der Waals surface area contributed by atoms with Gasteiger partial charge in [-0.2, -0.15) is 13.2 Å². The van der Waals surface area contributed by atoms with Crippen LogP contribution in [-0.2, 0) is 12.7 Å². The molecule has 1 aromatic heterocycles. The molecule has 1 heterocycles. The number of benzene rings is 3. The third-order valence-corrected chi connectivity index (χ3v) is 4.73. The molecule has 0 radical (unpaired) electrons. The van der Waals surface area contributed by atoms with Crippen molar-refractivity contribution in [2.75, 3.05) is 10.6 Å². The monoisotopic (exact) mass is 439 g/mol. The largest absolute Gasteiger partial charge is 0.416 e. The number of hydrogen-bond donors (Lipinski definition) is 2. The number of nitrogens with zero attached hydrogens (tertiary/aromatic N) is 3. The summed E-state index contributed by atoms with van der Waals surface area (Å²) in [6.07, 6.45) is -3.04. The Morgan fingerprint density at radius 3 is 2.41 bits per heavy atom. The molecule has 0 bridgehead atoms. The summed E-state index contributed by atoms with van der Waals surface area (Å²) in [4.78, 5) is 18.9. The minimum atomic E-state index is -4.40. The average molecular weight is 439 g/mol. The van der Waals surface area contributed by atoms with Crippen LogP contribution in [0.25, 0.3) is 10.9 Å². The van der Waals surface area contributed by atoms with E-state index in [0.717, 1.165) is 23.4 Å². The molecular weight excluding hydrogens is 423 g/mol. The van der Waals surface area contributed by atoms with Crippen LogP contribution in [0.3, 0.4) is 0 Å². The number of fused-ring (bicyclic) bond motifs is 1. The molecule has 162 valence electrons. The van der Waals surface area contributed by atoms with Crippen molar-refractivity contribution >= 4 is 33.8 Å². The molecule has 0 fully saturated rings. The number of aromatic nitrogens is 2. The van der Waals surface area contributed by atoms with E-state index >= 15 is 0 Å². The zero-order valence-corrected chi connectivity index (χ0v) is 16.4. The van der Waals surface area contributed by atoms with Crippen LogP contribution in [0.4, 0.5) is 36.1 Å². The Morgan fingerprint density at radius 1 is 0.938 bits per heavy atom. The third-order valence-electron chi connectivity index (χ3n) is 4.73. The van der Waals surface area contributed by atoms with Crippen molar-refractivity contribution in [1.82, 2.24) is 9.97 Å². The van der Waals surface area contributed by atoms with Crippen LogP contribution < -0.4 is 10.6 Å². The number of rotatable bonds is 6. The van der Waals surface area contributed by atoms with Gasteiger partial charge in [0.15, 0.2) is 0 Å². The van der Waals surface area contributed by atoms with E-state index in [1.165, 1.54) is 30.6 Å². The lowest BCUT2D eigenvalue weighted by Gasteiger charge is -2.12. The fourth-order valence-corrected chi connectivity index (χ4v) is 3.13. The van der Waals surface area contributed by atoms with Crippen molar-refractivity contribution in [3.63, 3.8) is 0 Å². The molecule has 32 heavy (non-hydrogen) atoms. The molecule has 0 spiro atoms. The SMILES string of the molecule is O=[N+]([O-])c1cccc(CNc2ccc3ncnc(Nc4ccc(C(F)(F)F)cc4)c3c2)c1. The van der Waals surface area contributed by atoms with Gasteiger partial charge in [-0.1, -0.05) is 12.1 Å². The van der Waals surface area contributed by atoms with Gasteiger partial charge in [0.2, 0.25) is 0 Å². The molecule has 0 unspecified atom stereocenters. The Kier molecular flexibility index (Phi) is 5.59. The highest BCUT2D eigenvalue weighted by Crippen LogP contribution is 2.31. The van der Waals surface area contributed by atoms with Crippen LogP contribution in [0.2, 0.25) is 0 Å². The van der Waals surface area contributed by atoms with Crippen LogP contribution in [-0.4, -0.2) is 14.9 Å². The summed E-state index contributed by atoms with van der Waals surface area (Å²) in [5.41, 5.74) is 1.85. The molecule has 0 aliphatic carbocycles. The first-order valence-electron chi connectivity index (χ1n) is 9.46. The lowest BCUT2D eigenvalue weighted by molar-refractivity contribution is -0.384. The van der Waals surface area contributed by atoms with Crippen molar-refractivity contribution in [2.45, 2.75) is 12.7 Å². The highest BCUT2D eigenvalue weighted by atomic mass is 19.4. The van der Waals surface area contributed by atoms with Crippen molar-refractivity contribution in [3.8, 4) is 0 Å². The number of anilines is 3. The fourth-order valence-electron chi connectivity index (χ4n) is 3.13. The molecule has 10 heteroatoms. The molecule has 4 aromatic rings. The predicted octanol–water partition coefficient (Wildman–Crippen LogP) is 5.91. The van der Waals surface area contributed by atoms with E-state index in [1.54, 1.807) is 24.3 Å². The molecule has 4 rings (SSSR count). The van der Waals surface area contributed by atoms with E-state index < -0.39 is 16.7 Å². The standard InChI is InChI=1S/C22H16F3N5O2/c23-22(24,25)15-4-6-16(7-5-15)29-21-19-11-17(8-9-20(19)27-13-28-21)26-12-14-2-1-3-18(10-14)30(31)32/h1-11,13,26H,12H2,(H,27,28,29). The van der Waals surface area contributed by atoms with Gasteiger partial charge < -0.3 is 10.6 Å². The summed E-state index contributed by atoms with van der Waals surface area (Å²) in [5, 5.41) is 17.8. The van der Waals surface area contributed by atoms with Crippen LogP contribution in [0.1, 0.15) is 11.1 Å². The Bertz CT molecular complexity index is 1280. The lowest BCUT2D eigenvalue weighted by Crippen LogP contribution is -2.04. The van der Waals surface area contributed by atoms with E-state index in [4.69, 9.17) is 0 Å². The summed E-state index contributed by atoms with van der Waals surface area (Å²) in [7, 11) is 0. The molecule has 7 nitrogen and oxygen atoms in total. The molecule has 0 amide bonds. The van der Waals surface area contributed by atoms with E-state index in [2.05, 4.69) is 20.6 Å². The minimum Gasteiger partial charge on any atom is -0.381 e. The second kappa shape index (κ2) is 8.50. The molecule has 0 saturated heterocycles. The van der Waals surface area contributed by atoms with Crippen molar-refractivity contribution in [2.24, 2.45) is 0 Å². The third kappa shape index (κ3) is 4.75. The van der Waals surface area contributed by atoms with Gasteiger partial charge in [0, 0.05) is 35.4 Å². The maximum Gasteiger partial charge on any atom is 0.416 e. The second-order valence-electron chi connectivity index (χ2n) is 6.93. The first-order chi connectivity index (χ1) is 15.3. The van der Waals surface area contributed by atoms with Crippen LogP contribution in [0.5, 0.6) is 0 Å². The molecule has 0 atom stereocenters. The van der Waals surface area contributed by atoms with Gasteiger partial charge in [-0.3, -0.25) is 10.1 Å². The Hall–Kier alpha value is -4.21. The van der Waals surface area contributed by atoms with Crippen LogP contribution >= 0.6 is 0 Å². The van der Waals surface area contributed by atoms with Gasteiger partial charge in [0.1, 0.15) is 12.1 Å². The fraction of sp³-hybridized carbons (Fsp3) is 0.0909. The van der Waals surface area contributed by atoms with Gasteiger partial charge in [-0.15, -0.1) is 0 Å².